The fourth-order valence-corrected chi connectivity index (χ4v) is 7.89. The quantitative estimate of drug-likeness (QED) is 0.295. The Bertz CT molecular complexity index is 1380. The van der Waals surface area contributed by atoms with Crippen LogP contribution in [0.4, 0.5) is 16.2 Å². The molecule has 0 spiro atoms. The number of esters is 1. The number of pyridine rings is 1. The summed E-state index contributed by atoms with van der Waals surface area (Å²) in [5.41, 5.74) is 1.50. The molecule has 48 heavy (non-hydrogen) atoms. The molecule has 4 fully saturated rings. The van der Waals surface area contributed by atoms with E-state index in [4.69, 9.17) is 23.5 Å². The maximum absolute atomic E-state index is 12.7. The van der Waals surface area contributed by atoms with E-state index in [-0.39, 0.29) is 48.4 Å². The summed E-state index contributed by atoms with van der Waals surface area (Å²) in [4.78, 5) is 36.4. The lowest BCUT2D eigenvalue weighted by atomic mass is 9.92. The van der Waals surface area contributed by atoms with Gasteiger partial charge in [0.2, 0.25) is 5.88 Å². The van der Waals surface area contributed by atoms with E-state index in [0.717, 1.165) is 75.8 Å². The number of aromatic nitrogens is 2. The van der Waals surface area contributed by atoms with Crippen molar-refractivity contribution in [1.29, 1.82) is 0 Å². The van der Waals surface area contributed by atoms with Crippen LogP contribution in [0.5, 0.6) is 5.88 Å². The molecule has 3 aliphatic heterocycles. The zero-order valence-corrected chi connectivity index (χ0v) is 29.4. The van der Waals surface area contributed by atoms with Crippen molar-refractivity contribution in [1.82, 2.24) is 15.0 Å². The minimum atomic E-state index is -0.496. The Morgan fingerprint density at radius 3 is 2.21 bits per heavy atom. The van der Waals surface area contributed by atoms with Crippen LogP contribution in [-0.4, -0.2) is 96.4 Å². The second-order valence-electron chi connectivity index (χ2n) is 15.2. The van der Waals surface area contributed by atoms with Crippen molar-refractivity contribution in [2.24, 2.45) is 5.92 Å². The molecule has 4 aliphatic rings. The van der Waals surface area contributed by atoms with E-state index in [1.807, 2.05) is 45.7 Å². The van der Waals surface area contributed by atoms with E-state index in [1.165, 1.54) is 7.11 Å². The number of carbonyl (C=O) groups is 2. The van der Waals surface area contributed by atoms with E-state index < -0.39 is 11.5 Å². The zero-order chi connectivity index (χ0) is 34.0. The van der Waals surface area contributed by atoms with Crippen molar-refractivity contribution in [2.75, 3.05) is 43.1 Å². The van der Waals surface area contributed by atoms with E-state index in [9.17, 15) is 9.59 Å². The molecule has 2 aromatic rings. The predicted octanol–water partition coefficient (Wildman–Crippen LogP) is 5.95. The summed E-state index contributed by atoms with van der Waals surface area (Å²) in [5.74, 6) is 0.507. The van der Waals surface area contributed by atoms with Crippen LogP contribution >= 0.6 is 0 Å². The molecule has 3 atom stereocenters. The van der Waals surface area contributed by atoms with Gasteiger partial charge in [0.25, 0.3) is 0 Å². The van der Waals surface area contributed by atoms with Crippen LogP contribution in [0.1, 0.15) is 97.7 Å². The molecule has 264 valence electrons. The molecule has 5 heterocycles. The molecule has 2 bridgehead atoms. The Kier molecular flexibility index (Phi) is 10.4. The molecule has 2 aromatic heterocycles. The Hall–Kier alpha value is -3.54. The molecule has 1 aliphatic carbocycles. The number of hydrogen-bond donors (Lipinski definition) is 0. The number of nitrogens with zero attached hydrogens (tertiary/aromatic N) is 5. The molecule has 12 nitrogen and oxygen atoms in total. The van der Waals surface area contributed by atoms with Crippen LogP contribution in [0.2, 0.25) is 0 Å². The van der Waals surface area contributed by atoms with Gasteiger partial charge in [-0.1, -0.05) is 19.0 Å². The molecule has 0 N–H and O–H groups in total. The average molecular weight is 668 g/mol. The highest BCUT2D eigenvalue weighted by Gasteiger charge is 2.43. The molecule has 0 radical (unpaired) electrons. The summed E-state index contributed by atoms with van der Waals surface area (Å²) in [6.45, 7) is 12.7. The van der Waals surface area contributed by atoms with Crippen molar-refractivity contribution in [3.63, 3.8) is 0 Å². The third-order valence-electron chi connectivity index (χ3n) is 10.2. The first kappa shape index (κ1) is 34.3. The number of methoxy groups -OCH3 is 1. The van der Waals surface area contributed by atoms with Gasteiger partial charge < -0.3 is 38.2 Å². The summed E-state index contributed by atoms with van der Waals surface area (Å²) in [6.07, 6.45) is 11.6. The van der Waals surface area contributed by atoms with Crippen LogP contribution in [0.3, 0.4) is 0 Å². The lowest BCUT2D eigenvalue weighted by molar-refractivity contribution is -0.144. The number of rotatable bonds is 9. The fraction of sp³-hybridized carbons (Fsp3) is 0.722. The summed E-state index contributed by atoms with van der Waals surface area (Å²) in [5, 5.41) is 4.03. The van der Waals surface area contributed by atoms with Gasteiger partial charge in [-0.05, 0) is 84.1 Å². The highest BCUT2D eigenvalue weighted by Crippen LogP contribution is 2.38. The van der Waals surface area contributed by atoms with Crippen LogP contribution in [-0.2, 0) is 19.0 Å². The van der Waals surface area contributed by atoms with Gasteiger partial charge in [0.05, 0.1) is 25.5 Å². The number of piperidine rings is 1. The largest absolute Gasteiger partial charge is 0.474 e. The van der Waals surface area contributed by atoms with Crippen LogP contribution < -0.4 is 14.5 Å². The SMILES string of the molecule is COC(=O)C(c1oncc1N1CCC(OC2CCC(Oc3cc(N4C5CCC4CN(C(=O)OC(C)(C)C)C5)ccn3)CC2)CC1)C(C)C. The molecule has 6 rings (SSSR count). The van der Waals surface area contributed by atoms with E-state index >= 15 is 0 Å². The molecule has 3 saturated heterocycles. The highest BCUT2D eigenvalue weighted by molar-refractivity contribution is 5.79. The van der Waals surface area contributed by atoms with Crippen molar-refractivity contribution >= 4 is 23.4 Å². The van der Waals surface area contributed by atoms with Gasteiger partial charge in [-0.25, -0.2) is 9.78 Å². The number of piperazine rings is 1. The van der Waals surface area contributed by atoms with Gasteiger partial charge >= 0.3 is 12.1 Å². The fourth-order valence-electron chi connectivity index (χ4n) is 7.89. The molecule has 12 heteroatoms. The van der Waals surface area contributed by atoms with E-state index in [1.54, 1.807) is 6.20 Å². The first-order valence-electron chi connectivity index (χ1n) is 17.8. The van der Waals surface area contributed by atoms with Gasteiger partial charge in [-0.2, -0.15) is 0 Å². The number of anilines is 2. The second kappa shape index (κ2) is 14.5. The molecule has 1 saturated carbocycles. The van der Waals surface area contributed by atoms with E-state index in [2.05, 4.69) is 32.1 Å². The van der Waals surface area contributed by atoms with Crippen molar-refractivity contribution in [3.05, 3.63) is 30.3 Å². The van der Waals surface area contributed by atoms with E-state index in [0.29, 0.717) is 24.7 Å². The Morgan fingerprint density at radius 2 is 1.58 bits per heavy atom. The monoisotopic (exact) mass is 667 g/mol. The molecular weight excluding hydrogens is 614 g/mol. The van der Waals surface area contributed by atoms with Gasteiger partial charge in [0.15, 0.2) is 5.76 Å². The Labute approximate surface area is 284 Å². The van der Waals surface area contributed by atoms with Crippen LogP contribution in [0.15, 0.2) is 29.0 Å². The summed E-state index contributed by atoms with van der Waals surface area (Å²) in [6, 6.07) is 4.66. The third kappa shape index (κ3) is 7.84. The van der Waals surface area contributed by atoms with Gasteiger partial charge in [0, 0.05) is 56.2 Å². The maximum Gasteiger partial charge on any atom is 0.410 e. The normalized spacial score (nSPS) is 25.7. The summed E-state index contributed by atoms with van der Waals surface area (Å²) in [7, 11) is 1.41. The van der Waals surface area contributed by atoms with Crippen LogP contribution in [0, 0.1) is 5.92 Å². The highest BCUT2D eigenvalue weighted by atomic mass is 16.6. The molecular formula is C36H53N5O7. The summed E-state index contributed by atoms with van der Waals surface area (Å²) >= 11 is 0. The minimum Gasteiger partial charge on any atom is -0.474 e. The topological polar surface area (TPSA) is 120 Å². The number of fused-ring (bicyclic) bond motifs is 2. The standard InChI is InChI=1S/C36H53N5O7/c1-23(2)32(34(42)44-6)33-30(20-38-48-33)39-17-14-29(15-18-39)45-27-9-11-28(12-10-27)46-31-19-24(13-16-37-31)41-25-7-8-26(41)22-40(21-25)35(43)47-36(3,4)5/h13,16,19-20,23,25-29,32H,7-12,14-15,17-18,21-22H2,1-6H3. The average Bonchev–Trinajstić information content (AvgIpc) is 3.63. The predicted molar refractivity (Wildman–Crippen MR) is 180 cm³/mol. The number of hydrogen-bond acceptors (Lipinski definition) is 11. The van der Waals surface area contributed by atoms with Gasteiger partial charge in [-0.3, -0.25) is 4.79 Å². The Morgan fingerprint density at radius 1 is 0.938 bits per heavy atom. The lowest BCUT2D eigenvalue weighted by Crippen LogP contribution is -2.56. The van der Waals surface area contributed by atoms with Crippen molar-refractivity contribution in [3.8, 4) is 5.88 Å². The number of ether oxygens (including phenoxy) is 4. The number of likely N-dealkylation sites (tertiary alicyclic amines) is 1. The first-order chi connectivity index (χ1) is 23.0. The van der Waals surface area contributed by atoms with Crippen LogP contribution in [0.25, 0.3) is 0 Å². The third-order valence-corrected chi connectivity index (χ3v) is 10.2. The smallest absolute Gasteiger partial charge is 0.410 e. The zero-order valence-electron chi connectivity index (χ0n) is 29.4. The van der Waals surface area contributed by atoms with Gasteiger partial charge in [0.1, 0.15) is 23.3 Å². The molecule has 1 amide bonds. The lowest BCUT2D eigenvalue weighted by Gasteiger charge is -2.42. The molecule has 3 unspecified atom stereocenters. The first-order valence-corrected chi connectivity index (χ1v) is 17.8. The number of amides is 1. The van der Waals surface area contributed by atoms with Gasteiger partial charge in [-0.15, -0.1) is 0 Å². The van der Waals surface area contributed by atoms with Crippen molar-refractivity contribution < 1.29 is 33.1 Å². The second-order valence-corrected chi connectivity index (χ2v) is 15.2. The Balaban J connectivity index is 0.958. The molecule has 0 aromatic carbocycles. The maximum atomic E-state index is 12.7. The summed E-state index contributed by atoms with van der Waals surface area (Å²) < 4.78 is 29.3. The number of carbonyl (C=O) groups excluding carboxylic acids is 2. The minimum absolute atomic E-state index is 0.0346. The van der Waals surface area contributed by atoms with Crippen molar-refractivity contribution in [2.45, 2.75) is 128 Å².